The molecule has 0 radical (unpaired) electrons. The predicted molar refractivity (Wildman–Crippen MR) is 46.1 cm³/mol. The lowest BCUT2D eigenvalue weighted by atomic mass is 10.1. The number of hydrogen-bond donors (Lipinski definition) is 2. The van der Waals surface area contributed by atoms with Gasteiger partial charge in [-0.05, 0) is 20.8 Å². The van der Waals surface area contributed by atoms with Gasteiger partial charge >= 0.3 is 11.9 Å². The van der Waals surface area contributed by atoms with Crippen LogP contribution < -0.4 is 5.73 Å². The van der Waals surface area contributed by atoms with E-state index in [2.05, 4.69) is 0 Å². The van der Waals surface area contributed by atoms with Crippen molar-refractivity contribution in [2.24, 2.45) is 5.73 Å². The minimum Gasteiger partial charge on any atom is -0.481 e. The number of esters is 1. The average Bonchev–Trinajstić information content (AvgIpc) is 1.81. The van der Waals surface area contributed by atoms with Crippen LogP contribution >= 0.6 is 0 Å². The molecule has 0 aliphatic carbocycles. The summed E-state index contributed by atoms with van der Waals surface area (Å²) in [7, 11) is 0. The van der Waals surface area contributed by atoms with Gasteiger partial charge in [0.2, 0.25) is 0 Å². The fourth-order valence-electron chi connectivity index (χ4n) is 0.649. The number of carbonyl (C=O) groups is 2. The highest BCUT2D eigenvalue weighted by molar-refractivity contribution is 5.81. The van der Waals surface area contributed by atoms with Crippen molar-refractivity contribution in [3.63, 3.8) is 0 Å². The van der Waals surface area contributed by atoms with Gasteiger partial charge in [0.1, 0.15) is 11.6 Å². The van der Waals surface area contributed by atoms with Crippen LogP contribution in [0.15, 0.2) is 0 Å². The first kappa shape index (κ1) is 11.9. The van der Waals surface area contributed by atoms with Crippen molar-refractivity contribution in [2.45, 2.75) is 38.8 Å². The third-order valence-electron chi connectivity index (χ3n) is 1.10. The number of carboxylic acid groups (broad SMARTS) is 1. The van der Waals surface area contributed by atoms with Crippen molar-refractivity contribution in [2.75, 3.05) is 0 Å². The molecule has 1 unspecified atom stereocenters. The van der Waals surface area contributed by atoms with Gasteiger partial charge in [-0.3, -0.25) is 9.59 Å². The van der Waals surface area contributed by atoms with Crippen molar-refractivity contribution in [1.82, 2.24) is 0 Å². The van der Waals surface area contributed by atoms with Gasteiger partial charge < -0.3 is 15.6 Å². The maximum Gasteiger partial charge on any atom is 0.324 e. The summed E-state index contributed by atoms with van der Waals surface area (Å²) in [6.45, 7) is 5.08. The van der Waals surface area contributed by atoms with Gasteiger partial charge in [0.15, 0.2) is 0 Å². The Balaban J connectivity index is 4.05. The zero-order valence-electron chi connectivity index (χ0n) is 8.03. The SMILES string of the molecule is CC(C)(C)OC(=O)C(N)CC(=O)O. The molecule has 0 rings (SSSR count). The van der Waals surface area contributed by atoms with Crippen molar-refractivity contribution in [3.05, 3.63) is 0 Å². The van der Waals surface area contributed by atoms with E-state index >= 15 is 0 Å². The van der Waals surface area contributed by atoms with Gasteiger partial charge in [0.25, 0.3) is 0 Å². The zero-order valence-corrected chi connectivity index (χ0v) is 8.03. The third kappa shape index (κ3) is 6.10. The Morgan fingerprint density at radius 2 is 1.92 bits per heavy atom. The highest BCUT2D eigenvalue weighted by Gasteiger charge is 2.23. The number of carbonyl (C=O) groups excluding carboxylic acids is 1. The minimum absolute atomic E-state index is 0.408. The molecule has 76 valence electrons. The van der Waals surface area contributed by atoms with E-state index in [-0.39, 0.29) is 0 Å². The number of aliphatic carboxylic acids is 1. The molecule has 0 heterocycles. The highest BCUT2D eigenvalue weighted by atomic mass is 16.6. The van der Waals surface area contributed by atoms with Gasteiger partial charge in [0, 0.05) is 0 Å². The molecule has 0 fully saturated rings. The summed E-state index contributed by atoms with van der Waals surface area (Å²) in [6, 6.07) is -1.09. The lowest BCUT2D eigenvalue weighted by Gasteiger charge is -2.21. The van der Waals surface area contributed by atoms with Gasteiger partial charge in [0.05, 0.1) is 6.42 Å². The third-order valence-corrected chi connectivity index (χ3v) is 1.10. The normalized spacial score (nSPS) is 13.5. The fraction of sp³-hybridized carbons (Fsp3) is 0.750. The largest absolute Gasteiger partial charge is 0.481 e. The van der Waals surface area contributed by atoms with E-state index in [0.29, 0.717) is 0 Å². The second kappa shape index (κ2) is 4.23. The Labute approximate surface area is 76.9 Å². The van der Waals surface area contributed by atoms with E-state index in [4.69, 9.17) is 15.6 Å². The van der Waals surface area contributed by atoms with Crippen molar-refractivity contribution in [1.29, 1.82) is 0 Å². The van der Waals surface area contributed by atoms with Gasteiger partial charge in [-0.2, -0.15) is 0 Å². The summed E-state index contributed by atoms with van der Waals surface area (Å²) >= 11 is 0. The van der Waals surface area contributed by atoms with Crippen LogP contribution in [-0.2, 0) is 14.3 Å². The number of nitrogens with two attached hydrogens (primary N) is 1. The fourth-order valence-corrected chi connectivity index (χ4v) is 0.649. The zero-order chi connectivity index (χ0) is 10.6. The van der Waals surface area contributed by atoms with Crippen LogP contribution in [0.4, 0.5) is 0 Å². The minimum atomic E-state index is -1.11. The molecule has 0 spiro atoms. The van der Waals surface area contributed by atoms with Crippen molar-refractivity contribution >= 4 is 11.9 Å². The molecular formula is C8H15NO4. The average molecular weight is 189 g/mol. The second-order valence-electron chi connectivity index (χ2n) is 3.74. The van der Waals surface area contributed by atoms with E-state index in [0.717, 1.165) is 0 Å². The maximum atomic E-state index is 11.1. The summed E-state index contributed by atoms with van der Waals surface area (Å²) in [5.74, 6) is -1.80. The van der Waals surface area contributed by atoms with Crippen LogP contribution in [-0.4, -0.2) is 28.7 Å². The van der Waals surface area contributed by atoms with Gasteiger partial charge in [-0.15, -0.1) is 0 Å². The highest BCUT2D eigenvalue weighted by Crippen LogP contribution is 2.08. The smallest absolute Gasteiger partial charge is 0.324 e. The van der Waals surface area contributed by atoms with Crippen LogP contribution in [0.5, 0.6) is 0 Å². The molecule has 0 aliphatic heterocycles. The molecule has 0 saturated heterocycles. The van der Waals surface area contributed by atoms with Crippen LogP contribution in [0, 0.1) is 0 Å². The summed E-state index contributed by atoms with van der Waals surface area (Å²) in [5, 5.41) is 8.34. The van der Waals surface area contributed by atoms with Crippen molar-refractivity contribution < 1.29 is 19.4 Å². The van der Waals surface area contributed by atoms with Crippen LogP contribution in [0.1, 0.15) is 27.2 Å². The Kier molecular flexibility index (Phi) is 3.87. The Morgan fingerprint density at radius 1 is 1.46 bits per heavy atom. The van der Waals surface area contributed by atoms with Crippen molar-refractivity contribution in [3.8, 4) is 0 Å². The summed E-state index contributed by atoms with van der Waals surface area (Å²) in [5.41, 5.74) is 4.64. The molecule has 5 heteroatoms. The quantitative estimate of drug-likeness (QED) is 0.616. The number of carboxylic acids is 1. The summed E-state index contributed by atoms with van der Waals surface area (Å²) in [6.07, 6.45) is -0.408. The lowest BCUT2D eigenvalue weighted by molar-refractivity contribution is -0.158. The molecule has 13 heavy (non-hydrogen) atoms. The van der Waals surface area contributed by atoms with E-state index < -0.39 is 30.0 Å². The standard InChI is InChI=1S/C8H15NO4/c1-8(2,3)13-7(12)5(9)4-6(10)11/h5H,4,9H2,1-3H3,(H,10,11). The number of rotatable bonds is 3. The molecule has 5 nitrogen and oxygen atoms in total. The molecule has 0 bridgehead atoms. The monoisotopic (exact) mass is 189 g/mol. The van der Waals surface area contributed by atoms with E-state index in [1.54, 1.807) is 20.8 Å². The molecule has 0 aliphatic rings. The van der Waals surface area contributed by atoms with Crippen LogP contribution in [0.2, 0.25) is 0 Å². The molecule has 0 aromatic rings. The van der Waals surface area contributed by atoms with E-state index in [1.165, 1.54) is 0 Å². The summed E-state index contributed by atoms with van der Waals surface area (Å²) < 4.78 is 4.87. The Hall–Kier alpha value is -1.10. The van der Waals surface area contributed by atoms with E-state index in [9.17, 15) is 9.59 Å². The maximum absolute atomic E-state index is 11.1. The first-order valence-corrected chi connectivity index (χ1v) is 3.92. The topological polar surface area (TPSA) is 89.6 Å². The predicted octanol–water partition coefficient (Wildman–Crippen LogP) is 0.130. The van der Waals surface area contributed by atoms with Gasteiger partial charge in [-0.1, -0.05) is 0 Å². The second-order valence-corrected chi connectivity index (χ2v) is 3.74. The lowest BCUT2D eigenvalue weighted by Crippen LogP contribution is -2.38. The molecule has 0 aromatic heterocycles. The number of hydrogen-bond acceptors (Lipinski definition) is 4. The van der Waals surface area contributed by atoms with Crippen LogP contribution in [0.25, 0.3) is 0 Å². The molecule has 0 saturated carbocycles. The van der Waals surface area contributed by atoms with Gasteiger partial charge in [-0.25, -0.2) is 0 Å². The summed E-state index contributed by atoms with van der Waals surface area (Å²) in [4.78, 5) is 21.3. The Bertz CT molecular complexity index is 207. The first-order valence-electron chi connectivity index (χ1n) is 3.92. The molecule has 3 N–H and O–H groups in total. The molecule has 1 atom stereocenters. The Morgan fingerprint density at radius 3 is 2.23 bits per heavy atom. The molecular weight excluding hydrogens is 174 g/mol. The first-order chi connectivity index (χ1) is 5.72. The van der Waals surface area contributed by atoms with E-state index in [1.807, 2.05) is 0 Å². The molecule has 0 aromatic carbocycles. The van der Waals surface area contributed by atoms with Crippen LogP contribution in [0.3, 0.4) is 0 Å². The molecule has 0 amide bonds. The number of ether oxygens (including phenoxy) is 1.